The zero-order chi connectivity index (χ0) is 23.2. The fourth-order valence-corrected chi connectivity index (χ4v) is 5.61. The van der Waals surface area contributed by atoms with E-state index >= 15 is 0 Å². The van der Waals surface area contributed by atoms with Crippen LogP contribution in [0.15, 0.2) is 42.5 Å². The van der Waals surface area contributed by atoms with E-state index in [2.05, 4.69) is 20.3 Å². The Morgan fingerprint density at radius 1 is 0.853 bits per heavy atom. The van der Waals surface area contributed by atoms with Crippen LogP contribution in [0.5, 0.6) is 0 Å². The molecular weight excluding hydrogens is 454 g/mol. The topological polar surface area (TPSA) is 88.7 Å². The van der Waals surface area contributed by atoms with Crippen LogP contribution in [-0.4, -0.2) is 94.4 Å². The van der Waals surface area contributed by atoms with Crippen LogP contribution >= 0.6 is 11.6 Å². The minimum atomic E-state index is 0.0236. The first kappa shape index (κ1) is 21.2. The van der Waals surface area contributed by atoms with E-state index in [-0.39, 0.29) is 11.9 Å². The van der Waals surface area contributed by atoms with Gasteiger partial charge in [0.05, 0.1) is 5.52 Å². The molecule has 3 aliphatic heterocycles. The van der Waals surface area contributed by atoms with E-state index < -0.39 is 0 Å². The number of H-pyrrole nitrogens is 1. The van der Waals surface area contributed by atoms with E-state index in [0.29, 0.717) is 62.2 Å². The number of piperazine rings is 1. The van der Waals surface area contributed by atoms with E-state index in [1.807, 2.05) is 51.1 Å². The number of carbonyl (C=O) groups excluding carboxylic acids is 2. The first-order valence-corrected chi connectivity index (χ1v) is 12.1. The summed E-state index contributed by atoms with van der Waals surface area (Å²) in [7, 11) is 0. The van der Waals surface area contributed by atoms with E-state index in [1.54, 1.807) is 6.07 Å². The lowest BCUT2D eigenvalue weighted by Gasteiger charge is -2.38. The first-order chi connectivity index (χ1) is 16.5. The van der Waals surface area contributed by atoms with Crippen molar-refractivity contribution in [1.29, 1.82) is 0 Å². The van der Waals surface area contributed by atoms with Crippen LogP contribution in [0.3, 0.4) is 0 Å². The maximum atomic E-state index is 13.2. The molecule has 1 aromatic heterocycles. The maximum absolute atomic E-state index is 13.2. The molecule has 3 saturated heterocycles. The summed E-state index contributed by atoms with van der Waals surface area (Å²) in [6.45, 7) is 5.85. The number of amides is 3. The molecule has 4 heterocycles. The van der Waals surface area contributed by atoms with E-state index in [0.717, 1.165) is 29.3 Å². The second kappa shape index (κ2) is 8.47. The highest BCUT2D eigenvalue weighted by molar-refractivity contribution is 6.30. The van der Waals surface area contributed by atoms with Gasteiger partial charge in [0.1, 0.15) is 5.52 Å². The molecule has 34 heavy (non-hydrogen) atoms. The highest BCUT2D eigenvalue weighted by Crippen LogP contribution is 2.33. The Morgan fingerprint density at radius 3 is 2.24 bits per heavy atom. The Balaban J connectivity index is 1.03. The first-order valence-electron chi connectivity index (χ1n) is 11.7. The van der Waals surface area contributed by atoms with Gasteiger partial charge in [-0.1, -0.05) is 16.8 Å². The van der Waals surface area contributed by atoms with Crippen LogP contribution < -0.4 is 4.90 Å². The van der Waals surface area contributed by atoms with E-state index in [1.165, 1.54) is 0 Å². The van der Waals surface area contributed by atoms with Crippen molar-refractivity contribution in [3.63, 3.8) is 0 Å². The lowest BCUT2D eigenvalue weighted by Crippen LogP contribution is -2.53. The van der Waals surface area contributed by atoms with Gasteiger partial charge in [-0.25, -0.2) is 4.79 Å². The third-order valence-electron chi connectivity index (χ3n) is 7.36. The molecule has 0 saturated carbocycles. The van der Waals surface area contributed by atoms with Crippen molar-refractivity contribution in [3.05, 3.63) is 53.1 Å². The molecule has 2 aromatic carbocycles. The van der Waals surface area contributed by atoms with Gasteiger partial charge >= 0.3 is 6.03 Å². The minimum absolute atomic E-state index is 0.0236. The van der Waals surface area contributed by atoms with Crippen LogP contribution in [0.2, 0.25) is 5.02 Å². The van der Waals surface area contributed by atoms with Crippen molar-refractivity contribution in [1.82, 2.24) is 30.1 Å². The second-order valence-electron chi connectivity index (χ2n) is 9.41. The third kappa shape index (κ3) is 3.83. The molecule has 10 heteroatoms. The smallest absolute Gasteiger partial charge is 0.320 e. The van der Waals surface area contributed by atoms with Crippen molar-refractivity contribution < 1.29 is 9.59 Å². The van der Waals surface area contributed by atoms with Crippen molar-refractivity contribution in [2.24, 2.45) is 11.8 Å². The number of nitrogens with zero attached hydrogens (tertiary/aromatic N) is 6. The van der Waals surface area contributed by atoms with Crippen LogP contribution in [0.4, 0.5) is 10.5 Å². The predicted octanol–water partition coefficient (Wildman–Crippen LogP) is 2.56. The fraction of sp³-hybridized carbons (Fsp3) is 0.417. The standard InChI is InChI=1S/C24H26ClN7O2/c25-19-2-4-20(5-3-19)29-7-9-30(10-8-29)24(34)32-14-17-12-31(13-18(17)15-32)23(33)16-1-6-21-22(11-16)27-28-26-21/h1-6,11,17-18H,7-10,12-15H2,(H,26,27,28). The summed E-state index contributed by atoms with van der Waals surface area (Å²) in [6, 6.07) is 13.4. The number of benzene rings is 2. The van der Waals surface area contributed by atoms with Crippen LogP contribution in [0.1, 0.15) is 10.4 Å². The Kier molecular flexibility index (Phi) is 5.28. The van der Waals surface area contributed by atoms with Gasteiger partial charge in [0.2, 0.25) is 0 Å². The molecule has 0 bridgehead atoms. The number of aromatic amines is 1. The van der Waals surface area contributed by atoms with Crippen LogP contribution in [-0.2, 0) is 0 Å². The molecular formula is C24H26ClN7O2. The van der Waals surface area contributed by atoms with Gasteiger partial charge in [-0.05, 0) is 42.5 Å². The SMILES string of the molecule is O=C(c1ccc2[nH]nnc2c1)N1CC2CN(C(=O)N3CCN(c4ccc(Cl)cc4)CC3)CC2C1. The number of rotatable bonds is 2. The van der Waals surface area contributed by atoms with Crippen molar-refractivity contribution in [3.8, 4) is 0 Å². The van der Waals surface area contributed by atoms with Gasteiger partial charge in [0, 0.05) is 80.5 Å². The van der Waals surface area contributed by atoms with Gasteiger partial charge in [-0.3, -0.25) is 9.89 Å². The number of aromatic nitrogens is 3. The Morgan fingerprint density at radius 2 is 1.53 bits per heavy atom. The molecule has 3 fully saturated rings. The monoisotopic (exact) mass is 479 g/mol. The van der Waals surface area contributed by atoms with Gasteiger partial charge in [0.25, 0.3) is 5.91 Å². The molecule has 3 aliphatic rings. The number of halogens is 1. The number of urea groups is 1. The number of anilines is 1. The molecule has 3 aromatic rings. The molecule has 0 radical (unpaired) electrons. The number of nitrogens with one attached hydrogen (secondary N) is 1. The Bertz CT molecular complexity index is 1210. The highest BCUT2D eigenvalue weighted by atomic mass is 35.5. The summed E-state index contributed by atoms with van der Waals surface area (Å²) >= 11 is 6.00. The molecule has 2 unspecified atom stereocenters. The largest absolute Gasteiger partial charge is 0.368 e. The minimum Gasteiger partial charge on any atom is -0.368 e. The van der Waals surface area contributed by atoms with Gasteiger partial charge in [0.15, 0.2) is 0 Å². The summed E-state index contributed by atoms with van der Waals surface area (Å²) in [5.74, 6) is 0.688. The average Bonchev–Trinajstić information content (AvgIpc) is 3.58. The van der Waals surface area contributed by atoms with Crippen LogP contribution in [0.25, 0.3) is 11.0 Å². The zero-order valence-electron chi connectivity index (χ0n) is 18.7. The van der Waals surface area contributed by atoms with Crippen LogP contribution in [0, 0.1) is 11.8 Å². The molecule has 176 valence electrons. The summed E-state index contributed by atoms with van der Waals surface area (Å²) in [4.78, 5) is 34.4. The fourth-order valence-electron chi connectivity index (χ4n) is 5.48. The molecule has 0 spiro atoms. The lowest BCUT2D eigenvalue weighted by atomic mass is 10.0. The summed E-state index contributed by atoms with van der Waals surface area (Å²) in [5, 5.41) is 11.3. The van der Waals surface area contributed by atoms with E-state index in [4.69, 9.17) is 11.6 Å². The van der Waals surface area contributed by atoms with Gasteiger partial charge in [-0.2, -0.15) is 0 Å². The predicted molar refractivity (Wildman–Crippen MR) is 129 cm³/mol. The van der Waals surface area contributed by atoms with Crippen molar-refractivity contribution >= 4 is 40.3 Å². The molecule has 2 atom stereocenters. The molecule has 9 nitrogen and oxygen atoms in total. The quantitative estimate of drug-likeness (QED) is 0.610. The number of carbonyl (C=O) groups is 2. The third-order valence-corrected chi connectivity index (χ3v) is 7.61. The molecule has 1 N–H and O–H groups in total. The van der Waals surface area contributed by atoms with E-state index in [9.17, 15) is 9.59 Å². The normalized spacial score (nSPS) is 22.5. The zero-order valence-corrected chi connectivity index (χ0v) is 19.5. The number of hydrogen-bond acceptors (Lipinski definition) is 5. The summed E-state index contributed by atoms with van der Waals surface area (Å²) < 4.78 is 0. The molecule has 3 amide bonds. The van der Waals surface area contributed by atoms with Gasteiger partial charge < -0.3 is 19.6 Å². The Hall–Kier alpha value is -3.33. The number of hydrogen-bond donors (Lipinski definition) is 1. The molecule has 0 aliphatic carbocycles. The van der Waals surface area contributed by atoms with Crippen molar-refractivity contribution in [2.75, 3.05) is 57.3 Å². The second-order valence-corrected chi connectivity index (χ2v) is 9.85. The van der Waals surface area contributed by atoms with Crippen molar-refractivity contribution in [2.45, 2.75) is 0 Å². The lowest BCUT2D eigenvalue weighted by molar-refractivity contribution is 0.0775. The Labute approximate surface area is 202 Å². The summed E-state index contributed by atoms with van der Waals surface area (Å²) in [6.07, 6.45) is 0. The summed E-state index contributed by atoms with van der Waals surface area (Å²) in [5.41, 5.74) is 3.28. The highest BCUT2D eigenvalue weighted by Gasteiger charge is 2.44. The average molecular weight is 480 g/mol. The maximum Gasteiger partial charge on any atom is 0.320 e. The number of fused-ring (bicyclic) bond motifs is 2. The molecule has 6 rings (SSSR count). The van der Waals surface area contributed by atoms with Gasteiger partial charge in [-0.15, -0.1) is 5.10 Å². The number of likely N-dealkylation sites (tertiary alicyclic amines) is 2.